The molecule has 0 amide bonds. The van der Waals surface area contributed by atoms with Crippen molar-refractivity contribution in [1.82, 2.24) is 0 Å². The number of aryl methyl sites for hydroxylation is 1. The molecule has 0 bridgehead atoms. The molecule has 140 valence electrons. The van der Waals surface area contributed by atoms with Gasteiger partial charge in [0, 0.05) is 5.02 Å². The molecule has 0 unspecified atom stereocenters. The molecule has 0 radical (unpaired) electrons. The molecule has 0 fully saturated rings. The molecule has 0 aliphatic carbocycles. The van der Waals surface area contributed by atoms with Gasteiger partial charge in [0.2, 0.25) is 0 Å². The van der Waals surface area contributed by atoms with Crippen LogP contribution >= 0.6 is 23.2 Å². The summed E-state index contributed by atoms with van der Waals surface area (Å²) >= 11 is 12.1. The Hall–Kier alpha value is -1.96. The molecule has 0 saturated heterocycles. The first-order valence-corrected chi connectivity index (χ1v) is 9.59. The number of nitrogens with zero attached hydrogens (tertiary/aromatic N) is 1. The minimum absolute atomic E-state index is 0.0911. The molecule has 2 aromatic carbocycles. The standard InChI is InChI=1S/C17H17Cl2NO5S/c1-11-4-5-12(18)8-15(11)20(10-17(21)25-3)26(22,23)13-6-7-16(24-2)14(19)9-13/h4-9H,10H2,1-3H3. The second-order valence-corrected chi connectivity index (χ2v) is 8.02. The zero-order valence-electron chi connectivity index (χ0n) is 14.3. The summed E-state index contributed by atoms with van der Waals surface area (Å²) in [5.41, 5.74) is 0.899. The van der Waals surface area contributed by atoms with Gasteiger partial charge >= 0.3 is 5.97 Å². The van der Waals surface area contributed by atoms with Gasteiger partial charge in [0.1, 0.15) is 12.3 Å². The number of halogens is 2. The van der Waals surface area contributed by atoms with Gasteiger partial charge < -0.3 is 9.47 Å². The lowest BCUT2D eigenvalue weighted by Gasteiger charge is -2.25. The van der Waals surface area contributed by atoms with Crippen LogP contribution in [0.1, 0.15) is 5.56 Å². The van der Waals surface area contributed by atoms with Crippen LogP contribution in [0.2, 0.25) is 10.0 Å². The number of anilines is 1. The normalized spacial score (nSPS) is 11.1. The van der Waals surface area contributed by atoms with E-state index >= 15 is 0 Å². The zero-order valence-corrected chi connectivity index (χ0v) is 16.7. The number of esters is 1. The first kappa shape index (κ1) is 20.4. The maximum absolute atomic E-state index is 13.2. The molecule has 6 nitrogen and oxygen atoms in total. The number of ether oxygens (including phenoxy) is 2. The van der Waals surface area contributed by atoms with Crippen molar-refractivity contribution in [3.05, 3.63) is 52.0 Å². The van der Waals surface area contributed by atoms with Crippen molar-refractivity contribution in [3.63, 3.8) is 0 Å². The molecule has 0 heterocycles. The summed E-state index contributed by atoms with van der Waals surface area (Å²) in [6, 6.07) is 8.83. The van der Waals surface area contributed by atoms with Gasteiger partial charge in [0.25, 0.3) is 10.0 Å². The molecule has 0 atom stereocenters. The summed E-state index contributed by atoms with van der Waals surface area (Å²) in [6.45, 7) is 1.20. The number of hydrogen-bond acceptors (Lipinski definition) is 5. The summed E-state index contributed by atoms with van der Waals surface area (Å²) in [4.78, 5) is 11.7. The number of rotatable bonds is 6. The van der Waals surface area contributed by atoms with Crippen LogP contribution in [0.4, 0.5) is 5.69 Å². The van der Waals surface area contributed by atoms with Crippen LogP contribution < -0.4 is 9.04 Å². The van der Waals surface area contributed by atoms with Crippen molar-refractivity contribution in [2.24, 2.45) is 0 Å². The van der Waals surface area contributed by atoms with Gasteiger partial charge in [0.15, 0.2) is 0 Å². The van der Waals surface area contributed by atoms with Gasteiger partial charge in [-0.1, -0.05) is 29.3 Å². The Bertz CT molecular complexity index is 931. The number of methoxy groups -OCH3 is 2. The second-order valence-electron chi connectivity index (χ2n) is 5.31. The van der Waals surface area contributed by atoms with Gasteiger partial charge in [-0.2, -0.15) is 0 Å². The fourth-order valence-corrected chi connectivity index (χ4v) is 4.25. The highest BCUT2D eigenvalue weighted by Crippen LogP contribution is 2.32. The quantitative estimate of drug-likeness (QED) is 0.670. The van der Waals surface area contributed by atoms with Crippen LogP contribution in [0.15, 0.2) is 41.3 Å². The third kappa shape index (κ3) is 4.23. The lowest BCUT2D eigenvalue weighted by molar-refractivity contribution is -0.138. The van der Waals surface area contributed by atoms with Crippen LogP contribution in [-0.4, -0.2) is 35.2 Å². The summed E-state index contributed by atoms with van der Waals surface area (Å²) in [7, 11) is -1.50. The largest absolute Gasteiger partial charge is 0.495 e. The monoisotopic (exact) mass is 417 g/mol. The molecule has 0 spiro atoms. The van der Waals surface area contributed by atoms with Crippen LogP contribution in [0, 0.1) is 6.92 Å². The average Bonchev–Trinajstić information content (AvgIpc) is 2.61. The van der Waals surface area contributed by atoms with E-state index in [0.717, 1.165) is 4.31 Å². The molecule has 0 N–H and O–H groups in total. The molecule has 0 aliphatic heterocycles. The van der Waals surface area contributed by atoms with Crippen LogP contribution in [-0.2, 0) is 19.6 Å². The van der Waals surface area contributed by atoms with Crippen molar-refractivity contribution < 1.29 is 22.7 Å². The molecule has 2 rings (SSSR count). The second kappa shape index (κ2) is 8.16. The molecular weight excluding hydrogens is 401 g/mol. The third-order valence-electron chi connectivity index (χ3n) is 3.65. The van der Waals surface area contributed by atoms with E-state index in [1.54, 1.807) is 19.1 Å². The summed E-state index contributed by atoms with van der Waals surface area (Å²) in [6.07, 6.45) is 0. The lowest BCUT2D eigenvalue weighted by atomic mass is 10.2. The summed E-state index contributed by atoms with van der Waals surface area (Å²) in [5.74, 6) is -0.378. The van der Waals surface area contributed by atoms with E-state index in [2.05, 4.69) is 4.74 Å². The number of carbonyl (C=O) groups excluding carboxylic acids is 1. The van der Waals surface area contributed by atoms with Gasteiger partial charge in [-0.3, -0.25) is 9.10 Å². The number of hydrogen-bond donors (Lipinski definition) is 0. The molecule has 0 aromatic heterocycles. The fourth-order valence-electron chi connectivity index (χ4n) is 2.27. The third-order valence-corrected chi connectivity index (χ3v) is 5.94. The molecule has 9 heteroatoms. The Morgan fingerprint density at radius 1 is 1.12 bits per heavy atom. The number of benzene rings is 2. The molecule has 26 heavy (non-hydrogen) atoms. The molecule has 0 saturated carbocycles. The smallest absolute Gasteiger partial charge is 0.326 e. The average molecular weight is 418 g/mol. The highest BCUT2D eigenvalue weighted by atomic mass is 35.5. The van der Waals surface area contributed by atoms with Gasteiger partial charge in [-0.05, 0) is 42.8 Å². The Labute approximate surface area is 162 Å². The maximum atomic E-state index is 13.2. The minimum atomic E-state index is -4.11. The topological polar surface area (TPSA) is 72.9 Å². The molecule has 2 aromatic rings. The first-order valence-electron chi connectivity index (χ1n) is 7.40. The van der Waals surface area contributed by atoms with Crippen LogP contribution in [0.3, 0.4) is 0 Å². The lowest BCUT2D eigenvalue weighted by Crippen LogP contribution is -2.36. The van der Waals surface area contributed by atoms with Gasteiger partial charge in [-0.25, -0.2) is 8.42 Å². The van der Waals surface area contributed by atoms with E-state index in [4.69, 9.17) is 27.9 Å². The first-order chi connectivity index (χ1) is 12.2. The fraction of sp³-hybridized carbons (Fsp3) is 0.235. The van der Waals surface area contributed by atoms with E-state index in [9.17, 15) is 13.2 Å². The Kier molecular flexibility index (Phi) is 6.39. The molecular formula is C17H17Cl2NO5S. The summed E-state index contributed by atoms with van der Waals surface area (Å²) < 4.78 is 37.0. The Morgan fingerprint density at radius 3 is 2.38 bits per heavy atom. The van der Waals surface area contributed by atoms with Gasteiger partial charge in [0.05, 0.1) is 29.8 Å². The van der Waals surface area contributed by atoms with E-state index in [1.807, 2.05) is 0 Å². The highest BCUT2D eigenvalue weighted by molar-refractivity contribution is 7.92. The van der Waals surface area contributed by atoms with Crippen LogP contribution in [0.25, 0.3) is 0 Å². The number of carbonyl (C=O) groups is 1. The minimum Gasteiger partial charge on any atom is -0.495 e. The predicted octanol–water partition coefficient (Wildman–Crippen LogP) is 3.68. The maximum Gasteiger partial charge on any atom is 0.326 e. The van der Waals surface area contributed by atoms with Crippen molar-refractivity contribution in [3.8, 4) is 5.75 Å². The Balaban J connectivity index is 2.61. The van der Waals surface area contributed by atoms with Crippen molar-refractivity contribution in [2.45, 2.75) is 11.8 Å². The van der Waals surface area contributed by atoms with E-state index in [-0.39, 0.29) is 15.6 Å². The van der Waals surface area contributed by atoms with Gasteiger partial charge in [-0.15, -0.1) is 0 Å². The zero-order chi connectivity index (χ0) is 19.5. The SMILES string of the molecule is COC(=O)CN(c1cc(Cl)ccc1C)S(=O)(=O)c1ccc(OC)c(Cl)c1. The number of sulfonamides is 1. The van der Waals surface area contributed by atoms with Crippen molar-refractivity contribution >= 4 is 44.9 Å². The van der Waals surface area contributed by atoms with Crippen molar-refractivity contribution in [1.29, 1.82) is 0 Å². The molecule has 0 aliphatic rings. The Morgan fingerprint density at radius 2 is 1.81 bits per heavy atom. The summed E-state index contributed by atoms with van der Waals surface area (Å²) in [5, 5.41) is 0.470. The highest BCUT2D eigenvalue weighted by Gasteiger charge is 2.29. The van der Waals surface area contributed by atoms with Crippen LogP contribution in [0.5, 0.6) is 5.75 Å². The van der Waals surface area contributed by atoms with E-state index in [1.165, 1.54) is 38.5 Å². The van der Waals surface area contributed by atoms with Crippen molar-refractivity contribution in [2.75, 3.05) is 25.1 Å². The van der Waals surface area contributed by atoms with E-state index < -0.39 is 22.5 Å². The van der Waals surface area contributed by atoms with E-state index in [0.29, 0.717) is 16.3 Å². The predicted molar refractivity (Wildman–Crippen MR) is 101 cm³/mol.